The van der Waals surface area contributed by atoms with Crippen LogP contribution < -0.4 is 5.32 Å². The normalized spacial score (nSPS) is 19.1. The monoisotopic (exact) mass is 406 g/mol. The van der Waals surface area contributed by atoms with E-state index in [4.69, 9.17) is 0 Å². The Bertz CT molecular complexity index is 1020. The number of nitrogens with zero attached hydrogens (tertiary/aromatic N) is 7. The summed E-state index contributed by atoms with van der Waals surface area (Å²) in [5.74, 6) is 3.04. The standard InChI is InChI=1S/C21H26N8O/c1-15-19-24-25-20(17-4-2-3-5-17)29(19)13-12-28(15)21(30)23-18-8-11-27(26-18)14-16-6-9-22-10-7-16/h6-11,15,17H,2-5,12-14H2,1H3,(H,23,26,30). The van der Waals surface area contributed by atoms with Crippen molar-refractivity contribution in [2.75, 3.05) is 11.9 Å². The number of aromatic nitrogens is 6. The number of hydrogen-bond donors (Lipinski definition) is 1. The van der Waals surface area contributed by atoms with Crippen molar-refractivity contribution < 1.29 is 4.79 Å². The number of nitrogens with one attached hydrogen (secondary N) is 1. The van der Waals surface area contributed by atoms with Gasteiger partial charge in [-0.3, -0.25) is 15.0 Å². The summed E-state index contributed by atoms with van der Waals surface area (Å²) in [6.45, 7) is 4.02. The Labute approximate surface area is 175 Å². The van der Waals surface area contributed by atoms with Crippen LogP contribution in [0, 0.1) is 0 Å². The van der Waals surface area contributed by atoms with Crippen LogP contribution in [0.15, 0.2) is 36.8 Å². The van der Waals surface area contributed by atoms with E-state index < -0.39 is 0 Å². The van der Waals surface area contributed by atoms with E-state index in [0.29, 0.717) is 24.8 Å². The molecule has 0 radical (unpaired) electrons. The molecule has 0 saturated heterocycles. The maximum Gasteiger partial charge on any atom is 0.323 e. The zero-order valence-electron chi connectivity index (χ0n) is 17.1. The molecule has 1 unspecified atom stereocenters. The quantitative estimate of drug-likeness (QED) is 0.718. The molecule has 1 N–H and O–H groups in total. The van der Waals surface area contributed by atoms with E-state index in [1.807, 2.05) is 36.2 Å². The molecule has 1 saturated carbocycles. The second kappa shape index (κ2) is 7.89. The highest BCUT2D eigenvalue weighted by Gasteiger charge is 2.33. The van der Waals surface area contributed by atoms with Gasteiger partial charge in [-0.15, -0.1) is 10.2 Å². The van der Waals surface area contributed by atoms with E-state index in [9.17, 15) is 4.79 Å². The van der Waals surface area contributed by atoms with Gasteiger partial charge in [-0.05, 0) is 37.5 Å². The number of pyridine rings is 1. The van der Waals surface area contributed by atoms with E-state index in [1.54, 1.807) is 17.1 Å². The molecule has 156 valence electrons. The second-order valence-electron chi connectivity index (χ2n) is 8.10. The minimum absolute atomic E-state index is 0.125. The highest BCUT2D eigenvalue weighted by atomic mass is 16.2. The van der Waals surface area contributed by atoms with E-state index >= 15 is 0 Å². The van der Waals surface area contributed by atoms with Crippen molar-refractivity contribution in [3.63, 3.8) is 0 Å². The lowest BCUT2D eigenvalue weighted by Gasteiger charge is -2.33. The molecular weight excluding hydrogens is 380 g/mol. The lowest BCUT2D eigenvalue weighted by molar-refractivity contribution is 0.171. The van der Waals surface area contributed by atoms with Crippen LogP contribution in [-0.2, 0) is 13.1 Å². The van der Waals surface area contributed by atoms with Gasteiger partial charge < -0.3 is 9.47 Å². The third-order valence-corrected chi connectivity index (χ3v) is 6.16. The van der Waals surface area contributed by atoms with Crippen molar-refractivity contribution in [3.05, 3.63) is 54.0 Å². The van der Waals surface area contributed by atoms with Crippen LogP contribution in [0.1, 0.15) is 61.8 Å². The van der Waals surface area contributed by atoms with Gasteiger partial charge in [0.25, 0.3) is 0 Å². The number of rotatable bonds is 4. The fourth-order valence-corrected chi connectivity index (χ4v) is 4.54. The first-order valence-electron chi connectivity index (χ1n) is 10.6. The zero-order chi connectivity index (χ0) is 20.5. The van der Waals surface area contributed by atoms with Gasteiger partial charge in [-0.1, -0.05) is 12.8 Å². The van der Waals surface area contributed by atoms with Gasteiger partial charge >= 0.3 is 6.03 Å². The summed E-state index contributed by atoms with van der Waals surface area (Å²) in [6.07, 6.45) is 10.3. The Morgan fingerprint density at radius 2 is 1.87 bits per heavy atom. The molecule has 4 heterocycles. The van der Waals surface area contributed by atoms with Crippen molar-refractivity contribution >= 4 is 11.8 Å². The first-order chi connectivity index (χ1) is 14.7. The SMILES string of the molecule is CC1c2nnc(C3CCCC3)n2CCN1C(=O)Nc1ccn(Cc2ccncc2)n1. The van der Waals surface area contributed by atoms with Gasteiger partial charge in [0.15, 0.2) is 11.6 Å². The Balaban J connectivity index is 1.25. The molecule has 0 bridgehead atoms. The highest BCUT2D eigenvalue weighted by molar-refractivity contribution is 5.88. The first kappa shape index (κ1) is 18.8. The average Bonchev–Trinajstić information content (AvgIpc) is 3.49. The molecule has 1 atom stereocenters. The molecule has 3 aromatic rings. The van der Waals surface area contributed by atoms with E-state index in [2.05, 4.69) is 30.2 Å². The van der Waals surface area contributed by atoms with Crippen molar-refractivity contribution in [2.24, 2.45) is 0 Å². The third kappa shape index (κ3) is 3.55. The first-order valence-corrected chi connectivity index (χ1v) is 10.6. The van der Waals surface area contributed by atoms with E-state index in [1.165, 1.54) is 25.7 Å². The van der Waals surface area contributed by atoms with Crippen LogP contribution in [0.3, 0.4) is 0 Å². The molecule has 9 heteroatoms. The number of carbonyl (C=O) groups excluding carboxylic acids is 1. The number of carbonyl (C=O) groups is 1. The van der Waals surface area contributed by atoms with Crippen LogP contribution >= 0.6 is 0 Å². The molecule has 5 rings (SSSR count). The maximum atomic E-state index is 12.9. The number of anilines is 1. The van der Waals surface area contributed by atoms with Crippen molar-refractivity contribution in [3.8, 4) is 0 Å². The average molecular weight is 406 g/mol. The molecular formula is C21H26N8O. The van der Waals surface area contributed by atoms with Gasteiger partial charge in [0.05, 0.1) is 12.6 Å². The van der Waals surface area contributed by atoms with Gasteiger partial charge in [-0.2, -0.15) is 5.10 Å². The minimum atomic E-state index is -0.159. The van der Waals surface area contributed by atoms with Crippen molar-refractivity contribution in [1.29, 1.82) is 0 Å². The summed E-state index contributed by atoms with van der Waals surface area (Å²) in [5.41, 5.74) is 1.10. The summed E-state index contributed by atoms with van der Waals surface area (Å²) < 4.78 is 4.03. The summed E-state index contributed by atoms with van der Waals surface area (Å²) >= 11 is 0. The molecule has 2 aliphatic rings. The minimum Gasteiger partial charge on any atom is -0.313 e. The van der Waals surface area contributed by atoms with Crippen LogP contribution in [0.5, 0.6) is 0 Å². The van der Waals surface area contributed by atoms with Crippen molar-refractivity contribution in [2.45, 2.75) is 57.7 Å². The number of fused-ring (bicyclic) bond motifs is 1. The number of hydrogen-bond acceptors (Lipinski definition) is 5. The summed E-state index contributed by atoms with van der Waals surface area (Å²) in [7, 11) is 0. The summed E-state index contributed by atoms with van der Waals surface area (Å²) in [6, 6.07) is 5.43. The molecule has 3 aromatic heterocycles. The smallest absolute Gasteiger partial charge is 0.313 e. The van der Waals surface area contributed by atoms with Crippen LogP contribution in [0.2, 0.25) is 0 Å². The van der Waals surface area contributed by atoms with Crippen molar-refractivity contribution in [1.82, 2.24) is 34.4 Å². The molecule has 0 spiro atoms. The Morgan fingerprint density at radius 1 is 1.10 bits per heavy atom. The lowest BCUT2D eigenvalue weighted by Crippen LogP contribution is -2.43. The Morgan fingerprint density at radius 3 is 2.67 bits per heavy atom. The predicted octanol–water partition coefficient (Wildman–Crippen LogP) is 3.18. The molecule has 30 heavy (non-hydrogen) atoms. The van der Waals surface area contributed by atoms with Crippen LogP contribution in [-0.4, -0.2) is 47.0 Å². The van der Waals surface area contributed by atoms with Gasteiger partial charge in [0.1, 0.15) is 5.82 Å². The Kier molecular flexibility index (Phi) is 4.94. The van der Waals surface area contributed by atoms with E-state index in [0.717, 1.165) is 23.8 Å². The highest BCUT2D eigenvalue weighted by Crippen LogP contribution is 2.35. The zero-order valence-corrected chi connectivity index (χ0v) is 17.1. The third-order valence-electron chi connectivity index (χ3n) is 6.16. The second-order valence-corrected chi connectivity index (χ2v) is 8.10. The summed E-state index contributed by atoms with van der Waals surface area (Å²) in [5, 5.41) is 16.3. The number of amides is 2. The largest absolute Gasteiger partial charge is 0.323 e. The predicted molar refractivity (Wildman–Crippen MR) is 111 cm³/mol. The summed E-state index contributed by atoms with van der Waals surface area (Å²) in [4.78, 5) is 18.8. The number of urea groups is 1. The fourth-order valence-electron chi connectivity index (χ4n) is 4.54. The molecule has 1 aliphatic heterocycles. The maximum absolute atomic E-state index is 12.9. The van der Waals surface area contributed by atoms with Gasteiger partial charge in [0.2, 0.25) is 0 Å². The van der Waals surface area contributed by atoms with Gasteiger partial charge in [-0.25, -0.2) is 4.79 Å². The van der Waals surface area contributed by atoms with Gasteiger partial charge in [0, 0.05) is 43.7 Å². The molecule has 9 nitrogen and oxygen atoms in total. The molecule has 2 amide bonds. The van der Waals surface area contributed by atoms with Crippen LogP contribution in [0.25, 0.3) is 0 Å². The molecule has 0 aromatic carbocycles. The van der Waals surface area contributed by atoms with Crippen LogP contribution in [0.4, 0.5) is 10.6 Å². The fraction of sp³-hybridized carbons (Fsp3) is 0.476. The molecule has 1 fully saturated rings. The Hall–Kier alpha value is -3.23. The molecule has 1 aliphatic carbocycles. The van der Waals surface area contributed by atoms with E-state index in [-0.39, 0.29) is 12.1 Å². The topological polar surface area (TPSA) is 93.8 Å². The lowest BCUT2D eigenvalue weighted by atomic mass is 10.1.